The summed E-state index contributed by atoms with van der Waals surface area (Å²) in [4.78, 5) is 0. The molecule has 0 aliphatic heterocycles. The van der Waals surface area contributed by atoms with E-state index >= 15 is 0 Å². The Morgan fingerprint density at radius 3 is 1.48 bits per heavy atom. The predicted octanol–water partition coefficient (Wildman–Crippen LogP) is 3.12. The van der Waals surface area contributed by atoms with Crippen molar-refractivity contribution in [3.05, 3.63) is 0 Å². The molecule has 2 unspecified atom stereocenters. The highest BCUT2D eigenvalue weighted by molar-refractivity contribution is 7.90. The van der Waals surface area contributed by atoms with E-state index in [0.29, 0.717) is 6.92 Å². The Morgan fingerprint density at radius 2 is 1.17 bits per heavy atom. The molecule has 1 N–H and O–H groups in total. The Hall–Kier alpha value is -1.04. The van der Waals surface area contributed by atoms with Gasteiger partial charge < -0.3 is 5.11 Å². The van der Waals surface area contributed by atoms with Gasteiger partial charge in [-0.15, -0.1) is 0 Å². The summed E-state index contributed by atoms with van der Waals surface area (Å²) in [6.07, 6.45) is -7.86. The van der Waals surface area contributed by atoms with Gasteiger partial charge in [0.1, 0.15) is 0 Å². The van der Waals surface area contributed by atoms with Crippen LogP contribution in [0.1, 0.15) is 6.92 Å². The zero-order valence-electron chi connectivity index (χ0n) is 13.7. The van der Waals surface area contributed by atoms with Crippen LogP contribution in [-0.4, -0.2) is 78.1 Å². The first kappa shape index (κ1) is 26.0. The molecule has 18 heteroatoms. The SMILES string of the molecule is CCN(CCO)S(=O)(=O)C1(F)C(F)(F)C(F)(F)C(F)(F)C(F)(F)C1(F)C(F)(F)F. The monoisotopic (exact) mass is 483 g/mol. The van der Waals surface area contributed by atoms with Crippen LogP contribution >= 0.6 is 0 Å². The summed E-state index contributed by atoms with van der Waals surface area (Å²) in [7, 11) is -7.56. The third kappa shape index (κ3) is 2.50. The van der Waals surface area contributed by atoms with Crippen molar-refractivity contribution < 1.29 is 70.6 Å². The number of likely N-dealkylation sites (N-methyl/N-ethyl adjacent to an activating group) is 1. The van der Waals surface area contributed by atoms with Gasteiger partial charge in [0.2, 0.25) is 0 Å². The molecule has 0 aromatic rings. The largest absolute Gasteiger partial charge is 0.433 e. The molecule has 1 aliphatic rings. The first-order chi connectivity index (χ1) is 12.5. The first-order valence-corrected chi connectivity index (χ1v) is 8.52. The Labute approximate surface area is 153 Å². The number of hydrogen-bond acceptors (Lipinski definition) is 3. The summed E-state index contributed by atoms with van der Waals surface area (Å²) in [5.74, 6) is -31.6. The molecule has 29 heavy (non-hydrogen) atoms. The molecular formula is C11H10F13NO3S. The van der Waals surface area contributed by atoms with Crippen LogP contribution in [0.25, 0.3) is 0 Å². The average molecular weight is 483 g/mol. The van der Waals surface area contributed by atoms with Crippen molar-refractivity contribution in [2.24, 2.45) is 0 Å². The van der Waals surface area contributed by atoms with Crippen molar-refractivity contribution in [1.29, 1.82) is 0 Å². The van der Waals surface area contributed by atoms with Crippen LogP contribution in [0.4, 0.5) is 57.1 Å². The molecule has 1 rings (SSSR count). The minimum absolute atomic E-state index is 0.524. The first-order valence-electron chi connectivity index (χ1n) is 7.08. The zero-order valence-corrected chi connectivity index (χ0v) is 14.5. The highest BCUT2D eigenvalue weighted by Crippen LogP contribution is 2.73. The van der Waals surface area contributed by atoms with Gasteiger partial charge in [0.15, 0.2) is 0 Å². The van der Waals surface area contributed by atoms with E-state index in [2.05, 4.69) is 0 Å². The van der Waals surface area contributed by atoms with Gasteiger partial charge >= 0.3 is 40.5 Å². The molecule has 1 saturated carbocycles. The van der Waals surface area contributed by atoms with Crippen molar-refractivity contribution in [3.8, 4) is 0 Å². The molecule has 4 nitrogen and oxygen atoms in total. The molecule has 0 aromatic carbocycles. The van der Waals surface area contributed by atoms with Gasteiger partial charge in [-0.2, -0.15) is 52.6 Å². The lowest BCUT2D eigenvalue weighted by Gasteiger charge is -2.55. The number of rotatable bonds is 5. The lowest BCUT2D eigenvalue weighted by molar-refractivity contribution is -0.482. The third-order valence-electron chi connectivity index (χ3n) is 4.25. The molecule has 0 aromatic heterocycles. The lowest BCUT2D eigenvalue weighted by Crippen LogP contribution is -2.90. The molecule has 0 radical (unpaired) electrons. The second-order valence-corrected chi connectivity index (χ2v) is 7.80. The summed E-state index contributed by atoms with van der Waals surface area (Å²) in [6.45, 7) is -4.06. The fourth-order valence-electron chi connectivity index (χ4n) is 2.67. The summed E-state index contributed by atoms with van der Waals surface area (Å²) in [5.41, 5.74) is -8.04. The van der Waals surface area contributed by atoms with Crippen LogP contribution < -0.4 is 0 Å². The Balaban J connectivity index is 4.28. The van der Waals surface area contributed by atoms with Crippen LogP contribution in [0.15, 0.2) is 0 Å². The molecule has 0 heterocycles. The number of nitrogens with zero attached hydrogens (tertiary/aromatic N) is 1. The maximum atomic E-state index is 14.9. The highest BCUT2D eigenvalue weighted by atomic mass is 32.2. The average Bonchev–Trinajstić information content (AvgIpc) is 2.54. The second-order valence-electron chi connectivity index (χ2n) is 5.77. The molecule has 0 spiro atoms. The number of halogens is 13. The fourth-order valence-corrected chi connectivity index (χ4v) is 4.74. The van der Waals surface area contributed by atoms with E-state index in [1.54, 1.807) is 0 Å². The van der Waals surface area contributed by atoms with E-state index in [1.807, 2.05) is 0 Å². The van der Waals surface area contributed by atoms with E-state index in [9.17, 15) is 65.5 Å². The number of alkyl halides is 13. The van der Waals surface area contributed by atoms with Crippen molar-refractivity contribution in [2.45, 2.75) is 47.5 Å². The van der Waals surface area contributed by atoms with Gasteiger partial charge in [-0.25, -0.2) is 17.2 Å². The minimum atomic E-state index is -8.04. The number of sulfonamides is 1. The molecule has 0 bridgehead atoms. The van der Waals surface area contributed by atoms with Crippen LogP contribution in [-0.2, 0) is 10.0 Å². The van der Waals surface area contributed by atoms with E-state index in [0.717, 1.165) is 0 Å². The summed E-state index contributed by atoms with van der Waals surface area (Å²) in [5, 5.41) is 0.912. The summed E-state index contributed by atoms with van der Waals surface area (Å²) >= 11 is 0. The second kappa shape index (κ2) is 6.48. The molecule has 1 fully saturated rings. The van der Waals surface area contributed by atoms with Crippen molar-refractivity contribution in [3.63, 3.8) is 0 Å². The third-order valence-corrected chi connectivity index (χ3v) is 6.62. The smallest absolute Gasteiger partial charge is 0.395 e. The summed E-state index contributed by atoms with van der Waals surface area (Å²) < 4.78 is 200. The van der Waals surface area contributed by atoms with E-state index in [1.165, 1.54) is 0 Å². The van der Waals surface area contributed by atoms with Crippen LogP contribution in [0.3, 0.4) is 0 Å². The van der Waals surface area contributed by atoms with Crippen LogP contribution in [0.5, 0.6) is 0 Å². The molecule has 2 atom stereocenters. The van der Waals surface area contributed by atoms with Crippen molar-refractivity contribution in [1.82, 2.24) is 4.31 Å². The number of hydrogen-bond donors (Lipinski definition) is 1. The Kier molecular flexibility index (Phi) is 5.81. The fraction of sp³-hybridized carbons (Fsp3) is 1.00. The Morgan fingerprint density at radius 1 is 0.793 bits per heavy atom. The molecule has 0 amide bonds. The Bertz CT molecular complexity index is 752. The van der Waals surface area contributed by atoms with Gasteiger partial charge in [-0.1, -0.05) is 6.92 Å². The molecular weight excluding hydrogens is 473 g/mol. The summed E-state index contributed by atoms with van der Waals surface area (Å²) in [6, 6.07) is 0. The highest BCUT2D eigenvalue weighted by Gasteiger charge is 3.07. The molecule has 1 aliphatic carbocycles. The lowest BCUT2D eigenvalue weighted by atomic mass is 9.73. The van der Waals surface area contributed by atoms with E-state index in [4.69, 9.17) is 5.11 Å². The van der Waals surface area contributed by atoms with E-state index in [-0.39, 0.29) is 0 Å². The van der Waals surface area contributed by atoms with Gasteiger partial charge in [0, 0.05) is 13.1 Å². The van der Waals surface area contributed by atoms with Crippen molar-refractivity contribution in [2.75, 3.05) is 19.7 Å². The quantitative estimate of drug-likeness (QED) is 0.612. The van der Waals surface area contributed by atoms with Gasteiger partial charge in [-0.3, -0.25) is 0 Å². The van der Waals surface area contributed by atoms with E-state index < -0.39 is 74.6 Å². The van der Waals surface area contributed by atoms with Crippen molar-refractivity contribution >= 4 is 10.0 Å². The standard InChI is InChI=1S/C11H10F13NO3S/c1-2-25(3-4-26)29(27,28)10(21)5(12,11(22,23)24)6(13,14)7(15,16)8(17,18)9(10,19)20/h26H,2-4H2,1H3. The van der Waals surface area contributed by atoms with Crippen LogP contribution in [0.2, 0.25) is 0 Å². The number of aliphatic hydroxyl groups is 1. The minimum Gasteiger partial charge on any atom is -0.395 e. The maximum absolute atomic E-state index is 14.9. The molecule has 0 saturated heterocycles. The maximum Gasteiger partial charge on any atom is 0.433 e. The van der Waals surface area contributed by atoms with Crippen LogP contribution in [0, 0.1) is 0 Å². The van der Waals surface area contributed by atoms with Gasteiger partial charge in [0.25, 0.3) is 10.0 Å². The van der Waals surface area contributed by atoms with Gasteiger partial charge in [-0.05, 0) is 0 Å². The number of aliphatic hydroxyl groups excluding tert-OH is 1. The van der Waals surface area contributed by atoms with Gasteiger partial charge in [0.05, 0.1) is 6.61 Å². The normalized spacial score (nSPS) is 33.7. The topological polar surface area (TPSA) is 57.6 Å². The molecule has 174 valence electrons. The predicted molar refractivity (Wildman–Crippen MR) is 66.8 cm³/mol. The zero-order chi connectivity index (χ0) is 23.7.